The first kappa shape index (κ1) is 7.03. The van der Waals surface area contributed by atoms with Gasteiger partial charge in [0.05, 0.1) is 12.2 Å². The molecule has 9 heavy (non-hydrogen) atoms. The Morgan fingerprint density at radius 3 is 2.67 bits per heavy atom. The molecule has 0 spiro atoms. The van der Waals surface area contributed by atoms with Crippen LogP contribution in [0.25, 0.3) is 0 Å². The van der Waals surface area contributed by atoms with Crippen LogP contribution in [-0.2, 0) is 9.47 Å². The predicted molar refractivity (Wildman–Crippen MR) is 35.5 cm³/mol. The number of methoxy groups -OCH3 is 1. The van der Waals surface area contributed by atoms with Gasteiger partial charge in [0, 0.05) is 20.1 Å². The third-order valence-corrected chi connectivity index (χ3v) is 2.14. The molecule has 1 aliphatic rings. The molecular formula is C7H14O2. The van der Waals surface area contributed by atoms with Crippen LogP contribution in [0.4, 0.5) is 0 Å². The average Bonchev–Trinajstić information content (AvgIpc) is 2.36. The second-order valence-corrected chi connectivity index (χ2v) is 2.54. The van der Waals surface area contributed by atoms with Crippen molar-refractivity contribution >= 4 is 0 Å². The van der Waals surface area contributed by atoms with Gasteiger partial charge in [-0.2, -0.15) is 0 Å². The quantitative estimate of drug-likeness (QED) is 0.559. The van der Waals surface area contributed by atoms with Crippen molar-refractivity contribution in [3.63, 3.8) is 0 Å². The molecule has 1 saturated heterocycles. The number of ether oxygens (including phenoxy) is 2. The molecule has 2 heteroatoms. The molecule has 0 aromatic rings. The van der Waals surface area contributed by atoms with Crippen molar-refractivity contribution in [3.8, 4) is 0 Å². The van der Waals surface area contributed by atoms with Gasteiger partial charge in [0.2, 0.25) is 0 Å². The summed E-state index contributed by atoms with van der Waals surface area (Å²) in [5, 5.41) is 0. The van der Waals surface area contributed by atoms with Crippen LogP contribution >= 0.6 is 0 Å². The molecule has 0 radical (unpaired) electrons. The molecular weight excluding hydrogens is 116 g/mol. The molecule has 1 fully saturated rings. The van der Waals surface area contributed by atoms with E-state index in [0.29, 0.717) is 0 Å². The van der Waals surface area contributed by atoms with E-state index in [9.17, 15) is 0 Å². The van der Waals surface area contributed by atoms with Crippen molar-refractivity contribution in [2.75, 3.05) is 20.3 Å². The fraction of sp³-hybridized carbons (Fsp3) is 1.00. The summed E-state index contributed by atoms with van der Waals surface area (Å²) in [5.41, 5.74) is 0.0556. The van der Waals surface area contributed by atoms with Gasteiger partial charge in [-0.15, -0.1) is 0 Å². The first-order chi connectivity index (χ1) is 4.33. The summed E-state index contributed by atoms with van der Waals surface area (Å²) in [7, 11) is 1.76. The van der Waals surface area contributed by atoms with Crippen molar-refractivity contribution in [1.29, 1.82) is 0 Å². The van der Waals surface area contributed by atoms with Crippen LogP contribution in [0.1, 0.15) is 19.8 Å². The van der Waals surface area contributed by atoms with Crippen molar-refractivity contribution in [2.24, 2.45) is 0 Å². The third kappa shape index (κ3) is 1.25. The first-order valence-corrected chi connectivity index (χ1v) is 3.46. The van der Waals surface area contributed by atoms with Crippen molar-refractivity contribution in [2.45, 2.75) is 25.4 Å². The lowest BCUT2D eigenvalue weighted by Crippen LogP contribution is -2.30. The molecule has 54 valence electrons. The molecule has 1 heterocycles. The Labute approximate surface area is 56.2 Å². The molecule has 0 bridgehead atoms. The summed E-state index contributed by atoms with van der Waals surface area (Å²) < 4.78 is 10.5. The Morgan fingerprint density at radius 2 is 2.44 bits per heavy atom. The van der Waals surface area contributed by atoms with Gasteiger partial charge in [-0.3, -0.25) is 0 Å². The lowest BCUT2D eigenvalue weighted by Gasteiger charge is -2.23. The van der Waals surface area contributed by atoms with Crippen LogP contribution in [0.3, 0.4) is 0 Å². The highest BCUT2D eigenvalue weighted by Crippen LogP contribution is 2.25. The van der Waals surface area contributed by atoms with Crippen molar-refractivity contribution in [3.05, 3.63) is 0 Å². The zero-order chi connectivity index (χ0) is 6.74. The van der Waals surface area contributed by atoms with Gasteiger partial charge in [0.25, 0.3) is 0 Å². The lowest BCUT2D eigenvalue weighted by molar-refractivity contribution is -0.0195. The Kier molecular flexibility index (Phi) is 2.09. The van der Waals surface area contributed by atoms with E-state index in [1.54, 1.807) is 7.11 Å². The highest BCUT2D eigenvalue weighted by Gasteiger charge is 2.32. The lowest BCUT2D eigenvalue weighted by atomic mass is 10.0. The largest absolute Gasteiger partial charge is 0.378 e. The molecule has 0 N–H and O–H groups in total. The highest BCUT2D eigenvalue weighted by molar-refractivity contribution is 4.82. The van der Waals surface area contributed by atoms with Gasteiger partial charge in [-0.25, -0.2) is 0 Å². The Morgan fingerprint density at radius 1 is 1.67 bits per heavy atom. The van der Waals surface area contributed by atoms with E-state index in [0.717, 1.165) is 26.1 Å². The summed E-state index contributed by atoms with van der Waals surface area (Å²) in [6, 6.07) is 0. The number of rotatable bonds is 2. The van der Waals surface area contributed by atoms with Gasteiger partial charge in [-0.05, 0) is 6.42 Å². The number of hydrogen-bond acceptors (Lipinski definition) is 2. The summed E-state index contributed by atoms with van der Waals surface area (Å²) >= 11 is 0. The van der Waals surface area contributed by atoms with E-state index in [2.05, 4.69) is 6.92 Å². The monoisotopic (exact) mass is 130 g/mol. The molecule has 2 nitrogen and oxygen atoms in total. The van der Waals surface area contributed by atoms with Gasteiger partial charge in [-0.1, -0.05) is 6.92 Å². The van der Waals surface area contributed by atoms with Crippen LogP contribution in [-0.4, -0.2) is 25.9 Å². The summed E-state index contributed by atoms with van der Waals surface area (Å²) in [6.07, 6.45) is 2.11. The molecule has 1 rings (SSSR count). The predicted octanol–water partition coefficient (Wildman–Crippen LogP) is 1.20. The smallest absolute Gasteiger partial charge is 0.0930 e. The van der Waals surface area contributed by atoms with Crippen molar-refractivity contribution < 1.29 is 9.47 Å². The molecule has 0 saturated carbocycles. The van der Waals surface area contributed by atoms with E-state index < -0.39 is 0 Å². The average molecular weight is 130 g/mol. The van der Waals surface area contributed by atoms with Gasteiger partial charge >= 0.3 is 0 Å². The maximum absolute atomic E-state index is 5.32. The van der Waals surface area contributed by atoms with E-state index in [4.69, 9.17) is 9.47 Å². The molecule has 1 atom stereocenters. The minimum Gasteiger partial charge on any atom is -0.378 e. The minimum absolute atomic E-state index is 0.0556. The van der Waals surface area contributed by atoms with Crippen LogP contribution in [0.2, 0.25) is 0 Å². The van der Waals surface area contributed by atoms with Crippen LogP contribution in [0.5, 0.6) is 0 Å². The molecule has 0 amide bonds. The van der Waals surface area contributed by atoms with Gasteiger partial charge in [0.15, 0.2) is 0 Å². The summed E-state index contributed by atoms with van der Waals surface area (Å²) in [5.74, 6) is 0. The minimum atomic E-state index is 0.0556. The SMILES string of the molecule is CC[C@]1(OC)CCOC1. The molecule has 1 aliphatic heterocycles. The fourth-order valence-corrected chi connectivity index (χ4v) is 1.17. The van der Waals surface area contributed by atoms with E-state index >= 15 is 0 Å². The molecule has 0 unspecified atom stereocenters. The Bertz CT molecular complexity index is 78.9. The second-order valence-electron chi connectivity index (χ2n) is 2.54. The van der Waals surface area contributed by atoms with Crippen LogP contribution in [0, 0.1) is 0 Å². The van der Waals surface area contributed by atoms with Crippen LogP contribution < -0.4 is 0 Å². The first-order valence-electron chi connectivity index (χ1n) is 3.46. The summed E-state index contributed by atoms with van der Waals surface area (Å²) in [6.45, 7) is 3.78. The normalized spacial score (nSPS) is 35.3. The zero-order valence-corrected chi connectivity index (χ0v) is 6.14. The number of hydrogen-bond donors (Lipinski definition) is 0. The molecule has 0 aromatic heterocycles. The van der Waals surface area contributed by atoms with Crippen molar-refractivity contribution in [1.82, 2.24) is 0 Å². The molecule has 0 aliphatic carbocycles. The van der Waals surface area contributed by atoms with Gasteiger partial charge in [0.1, 0.15) is 0 Å². The Balaban J connectivity index is 2.45. The van der Waals surface area contributed by atoms with E-state index in [1.165, 1.54) is 0 Å². The van der Waals surface area contributed by atoms with Crippen LogP contribution in [0.15, 0.2) is 0 Å². The van der Waals surface area contributed by atoms with E-state index in [-0.39, 0.29) is 5.60 Å². The fourth-order valence-electron chi connectivity index (χ4n) is 1.17. The summed E-state index contributed by atoms with van der Waals surface area (Å²) in [4.78, 5) is 0. The molecule has 0 aromatic carbocycles. The third-order valence-electron chi connectivity index (χ3n) is 2.14. The maximum Gasteiger partial charge on any atom is 0.0930 e. The van der Waals surface area contributed by atoms with Gasteiger partial charge < -0.3 is 9.47 Å². The zero-order valence-electron chi connectivity index (χ0n) is 6.14. The maximum atomic E-state index is 5.32. The second kappa shape index (κ2) is 2.67. The topological polar surface area (TPSA) is 18.5 Å². The standard InChI is InChI=1S/C7H14O2/c1-3-7(8-2)4-5-9-6-7/h3-6H2,1-2H3/t7-/m0/s1. The Hall–Kier alpha value is -0.0800. The highest BCUT2D eigenvalue weighted by atomic mass is 16.5. The van der Waals surface area contributed by atoms with E-state index in [1.807, 2.05) is 0 Å².